The summed E-state index contributed by atoms with van der Waals surface area (Å²) in [5.41, 5.74) is 1.72. The van der Waals surface area contributed by atoms with E-state index in [2.05, 4.69) is 10.3 Å². The SMILES string of the molecule is CSCC[C@H](NC(=O)Cc1csc2nc(C)cn12)C(=O)O. The number of fused-ring (bicyclic) bond motifs is 1. The maximum atomic E-state index is 12.0. The van der Waals surface area contributed by atoms with Crippen LogP contribution in [0.5, 0.6) is 0 Å². The van der Waals surface area contributed by atoms with Gasteiger partial charge >= 0.3 is 5.97 Å². The van der Waals surface area contributed by atoms with Crippen molar-refractivity contribution in [3.63, 3.8) is 0 Å². The van der Waals surface area contributed by atoms with Crippen molar-refractivity contribution in [3.05, 3.63) is 23.0 Å². The van der Waals surface area contributed by atoms with Gasteiger partial charge in [-0.05, 0) is 25.4 Å². The molecule has 0 fully saturated rings. The average Bonchev–Trinajstić information content (AvgIpc) is 2.95. The Bertz CT molecular complexity index is 650. The largest absolute Gasteiger partial charge is 0.480 e. The summed E-state index contributed by atoms with van der Waals surface area (Å²) < 4.78 is 1.87. The molecule has 2 aromatic heterocycles. The minimum absolute atomic E-state index is 0.152. The number of thioether (sulfide) groups is 1. The molecule has 114 valence electrons. The molecule has 0 saturated carbocycles. The maximum Gasteiger partial charge on any atom is 0.326 e. The number of carboxylic acids is 1. The molecule has 2 aromatic rings. The minimum Gasteiger partial charge on any atom is -0.480 e. The van der Waals surface area contributed by atoms with Crippen LogP contribution in [-0.4, -0.2) is 44.4 Å². The molecule has 2 N–H and O–H groups in total. The van der Waals surface area contributed by atoms with E-state index < -0.39 is 12.0 Å². The molecule has 1 atom stereocenters. The van der Waals surface area contributed by atoms with Gasteiger partial charge in [0.15, 0.2) is 4.96 Å². The quantitative estimate of drug-likeness (QED) is 0.806. The van der Waals surface area contributed by atoms with Crippen molar-refractivity contribution in [3.8, 4) is 0 Å². The van der Waals surface area contributed by atoms with Crippen LogP contribution in [0.15, 0.2) is 11.6 Å². The number of carbonyl (C=O) groups is 2. The first kappa shape index (κ1) is 15.8. The zero-order valence-corrected chi connectivity index (χ0v) is 13.5. The summed E-state index contributed by atoms with van der Waals surface area (Å²) in [6.07, 6.45) is 4.35. The van der Waals surface area contributed by atoms with Gasteiger partial charge in [-0.1, -0.05) is 0 Å². The normalized spacial score (nSPS) is 12.5. The molecule has 6 nitrogen and oxygen atoms in total. The van der Waals surface area contributed by atoms with Crippen molar-refractivity contribution in [1.82, 2.24) is 14.7 Å². The molecule has 0 aliphatic heterocycles. The zero-order chi connectivity index (χ0) is 15.4. The van der Waals surface area contributed by atoms with Crippen LogP contribution in [0.4, 0.5) is 0 Å². The van der Waals surface area contributed by atoms with Gasteiger partial charge in [0.05, 0.1) is 12.1 Å². The molecule has 21 heavy (non-hydrogen) atoms. The van der Waals surface area contributed by atoms with Crippen LogP contribution >= 0.6 is 23.1 Å². The standard InChI is InChI=1S/C13H17N3O3S2/c1-8-6-16-9(7-21-13(16)14-8)5-11(17)15-10(12(18)19)3-4-20-2/h6-7,10H,3-5H2,1-2H3,(H,15,17)(H,18,19)/t10-/m0/s1. The molecular weight excluding hydrogens is 310 g/mol. The summed E-state index contributed by atoms with van der Waals surface area (Å²) in [6, 6.07) is -0.830. The number of aliphatic carboxylic acids is 1. The van der Waals surface area contributed by atoms with Gasteiger partial charge in [0.25, 0.3) is 0 Å². The summed E-state index contributed by atoms with van der Waals surface area (Å²) in [5.74, 6) is -0.582. The summed E-state index contributed by atoms with van der Waals surface area (Å²) in [6.45, 7) is 1.90. The highest BCUT2D eigenvalue weighted by molar-refractivity contribution is 7.98. The maximum absolute atomic E-state index is 12.0. The molecule has 2 rings (SSSR count). The second-order valence-electron chi connectivity index (χ2n) is 4.68. The molecule has 0 unspecified atom stereocenters. The average molecular weight is 327 g/mol. The van der Waals surface area contributed by atoms with E-state index in [4.69, 9.17) is 5.11 Å². The van der Waals surface area contributed by atoms with Crippen LogP contribution in [0.1, 0.15) is 17.8 Å². The van der Waals surface area contributed by atoms with Crippen LogP contribution < -0.4 is 5.32 Å². The van der Waals surface area contributed by atoms with E-state index in [1.807, 2.05) is 29.2 Å². The van der Waals surface area contributed by atoms with Gasteiger partial charge in [-0.3, -0.25) is 9.20 Å². The fourth-order valence-corrected chi connectivity index (χ4v) is 3.36. The number of nitrogens with one attached hydrogen (secondary N) is 1. The first-order valence-electron chi connectivity index (χ1n) is 6.44. The Morgan fingerprint density at radius 2 is 2.33 bits per heavy atom. The van der Waals surface area contributed by atoms with Crippen molar-refractivity contribution in [2.75, 3.05) is 12.0 Å². The molecule has 0 radical (unpaired) electrons. The number of amides is 1. The lowest BCUT2D eigenvalue weighted by Crippen LogP contribution is -2.42. The summed E-state index contributed by atoms with van der Waals surface area (Å²) in [5, 5.41) is 13.6. The van der Waals surface area contributed by atoms with E-state index in [0.29, 0.717) is 12.2 Å². The van der Waals surface area contributed by atoms with Gasteiger partial charge in [-0.25, -0.2) is 9.78 Å². The molecule has 8 heteroatoms. The van der Waals surface area contributed by atoms with Crippen LogP contribution in [0.2, 0.25) is 0 Å². The van der Waals surface area contributed by atoms with Gasteiger partial charge in [-0.2, -0.15) is 11.8 Å². The molecule has 0 aliphatic rings. The van der Waals surface area contributed by atoms with Gasteiger partial charge in [-0.15, -0.1) is 11.3 Å². The van der Waals surface area contributed by atoms with Crippen molar-refractivity contribution < 1.29 is 14.7 Å². The lowest BCUT2D eigenvalue weighted by atomic mass is 10.2. The lowest BCUT2D eigenvalue weighted by molar-refractivity contribution is -0.141. The predicted octanol–water partition coefficient (Wildman–Crippen LogP) is 1.57. The lowest BCUT2D eigenvalue weighted by Gasteiger charge is -2.13. The van der Waals surface area contributed by atoms with Crippen LogP contribution in [0.25, 0.3) is 4.96 Å². The van der Waals surface area contributed by atoms with E-state index in [-0.39, 0.29) is 12.3 Å². The molecule has 2 heterocycles. The Balaban J connectivity index is 2.01. The van der Waals surface area contributed by atoms with Gasteiger partial charge < -0.3 is 10.4 Å². The second-order valence-corrected chi connectivity index (χ2v) is 6.50. The van der Waals surface area contributed by atoms with E-state index >= 15 is 0 Å². The second kappa shape index (κ2) is 6.95. The number of carbonyl (C=O) groups excluding carboxylic acids is 1. The fourth-order valence-electron chi connectivity index (χ4n) is 1.97. The van der Waals surface area contributed by atoms with E-state index in [9.17, 15) is 9.59 Å². The number of imidazole rings is 1. The summed E-state index contributed by atoms with van der Waals surface area (Å²) in [7, 11) is 0. The Morgan fingerprint density at radius 3 is 3.00 bits per heavy atom. The number of carboxylic acid groups (broad SMARTS) is 1. The predicted molar refractivity (Wildman–Crippen MR) is 84.1 cm³/mol. The molecule has 0 spiro atoms. The fraction of sp³-hybridized carbons (Fsp3) is 0.462. The molecule has 0 bridgehead atoms. The topological polar surface area (TPSA) is 83.7 Å². The molecule has 0 aliphatic carbocycles. The van der Waals surface area contributed by atoms with E-state index in [0.717, 1.165) is 16.3 Å². The van der Waals surface area contributed by atoms with Crippen LogP contribution in [0, 0.1) is 6.92 Å². The van der Waals surface area contributed by atoms with Crippen molar-refractivity contribution in [1.29, 1.82) is 0 Å². The Morgan fingerprint density at radius 1 is 1.57 bits per heavy atom. The number of hydrogen-bond donors (Lipinski definition) is 2. The van der Waals surface area contributed by atoms with E-state index in [1.165, 1.54) is 11.3 Å². The number of thiazole rings is 1. The molecule has 0 saturated heterocycles. The smallest absolute Gasteiger partial charge is 0.326 e. The highest BCUT2D eigenvalue weighted by Gasteiger charge is 2.20. The van der Waals surface area contributed by atoms with Crippen molar-refractivity contribution in [2.45, 2.75) is 25.8 Å². The number of nitrogens with zero attached hydrogens (tertiary/aromatic N) is 2. The number of hydrogen-bond acceptors (Lipinski definition) is 5. The van der Waals surface area contributed by atoms with Crippen LogP contribution in [-0.2, 0) is 16.0 Å². The van der Waals surface area contributed by atoms with Gasteiger partial charge in [0.2, 0.25) is 5.91 Å². The number of rotatable bonds is 7. The van der Waals surface area contributed by atoms with Crippen molar-refractivity contribution >= 4 is 39.9 Å². The van der Waals surface area contributed by atoms with Gasteiger partial charge in [0.1, 0.15) is 6.04 Å². The summed E-state index contributed by atoms with van der Waals surface area (Å²) >= 11 is 3.03. The minimum atomic E-state index is -0.994. The number of aromatic nitrogens is 2. The first-order valence-corrected chi connectivity index (χ1v) is 8.71. The van der Waals surface area contributed by atoms with Crippen molar-refractivity contribution in [2.24, 2.45) is 0 Å². The van der Waals surface area contributed by atoms with Gasteiger partial charge in [0, 0.05) is 17.3 Å². The Kier molecular flexibility index (Phi) is 5.24. The molecule has 0 aromatic carbocycles. The summed E-state index contributed by atoms with van der Waals surface area (Å²) in [4.78, 5) is 28.3. The van der Waals surface area contributed by atoms with Crippen LogP contribution in [0.3, 0.4) is 0 Å². The zero-order valence-electron chi connectivity index (χ0n) is 11.8. The third-order valence-corrected chi connectivity index (χ3v) is 4.52. The third kappa shape index (κ3) is 3.98. The number of aryl methyl sites for hydroxylation is 1. The third-order valence-electron chi connectivity index (χ3n) is 2.99. The molecular formula is C13H17N3O3S2. The Labute approximate surface area is 130 Å². The monoisotopic (exact) mass is 327 g/mol. The highest BCUT2D eigenvalue weighted by atomic mass is 32.2. The Hall–Kier alpha value is -1.54. The first-order chi connectivity index (χ1) is 10.0. The molecule has 1 amide bonds. The highest BCUT2D eigenvalue weighted by Crippen LogP contribution is 2.17. The van der Waals surface area contributed by atoms with E-state index in [1.54, 1.807) is 11.8 Å².